The van der Waals surface area contributed by atoms with E-state index in [0.29, 0.717) is 18.1 Å². The minimum Gasteiger partial charge on any atom is -0.461 e. The van der Waals surface area contributed by atoms with Crippen molar-refractivity contribution in [2.24, 2.45) is 5.92 Å². The van der Waals surface area contributed by atoms with E-state index in [1.54, 1.807) is 6.26 Å². The van der Waals surface area contributed by atoms with Gasteiger partial charge in [0.05, 0.1) is 6.26 Å². The summed E-state index contributed by atoms with van der Waals surface area (Å²) < 4.78 is 5.21. The minimum absolute atomic E-state index is 0.175. The van der Waals surface area contributed by atoms with E-state index in [-0.39, 0.29) is 5.78 Å². The smallest absolute Gasteiger partial charge is 0.198 e. The van der Waals surface area contributed by atoms with Crippen LogP contribution in [0, 0.1) is 12.8 Å². The third kappa shape index (κ3) is 2.65. The quantitative estimate of drug-likeness (QED) is 0.738. The van der Waals surface area contributed by atoms with E-state index in [4.69, 9.17) is 4.42 Å². The van der Waals surface area contributed by atoms with Gasteiger partial charge in [0, 0.05) is 6.42 Å². The van der Waals surface area contributed by atoms with Gasteiger partial charge in [-0.25, -0.2) is 0 Å². The highest BCUT2D eigenvalue weighted by atomic mass is 32.2. The normalized spacial score (nSPS) is 17.9. The summed E-state index contributed by atoms with van der Waals surface area (Å²) >= 11 is 1.99. The van der Waals surface area contributed by atoms with Gasteiger partial charge in [0.1, 0.15) is 0 Å². The molecule has 2 heterocycles. The Bertz CT molecular complexity index is 337. The standard InChI is InChI=1S/C12H16O2S/c1-9-2-5-14-12(9)11(13)8-10-3-6-15-7-4-10/h2,5,10H,3-4,6-8H2,1H3. The predicted octanol–water partition coefficient (Wildman–Crippen LogP) is 3.30. The molecule has 1 aromatic rings. The molecule has 2 nitrogen and oxygen atoms in total. The molecular weight excluding hydrogens is 208 g/mol. The first-order valence-corrected chi connectivity index (χ1v) is 6.58. The van der Waals surface area contributed by atoms with Crippen molar-refractivity contribution in [3.8, 4) is 0 Å². The second-order valence-corrected chi connectivity index (χ2v) is 5.34. The zero-order valence-corrected chi connectivity index (χ0v) is 9.81. The van der Waals surface area contributed by atoms with Crippen LogP contribution in [-0.4, -0.2) is 17.3 Å². The van der Waals surface area contributed by atoms with Crippen molar-refractivity contribution in [3.63, 3.8) is 0 Å². The molecular formula is C12H16O2S. The highest BCUT2D eigenvalue weighted by Crippen LogP contribution is 2.27. The number of aryl methyl sites for hydroxylation is 1. The average molecular weight is 224 g/mol. The van der Waals surface area contributed by atoms with Crippen molar-refractivity contribution in [2.45, 2.75) is 26.2 Å². The van der Waals surface area contributed by atoms with Crippen LogP contribution in [0.3, 0.4) is 0 Å². The molecule has 0 aliphatic carbocycles. The van der Waals surface area contributed by atoms with Crippen LogP contribution in [0.1, 0.15) is 35.4 Å². The van der Waals surface area contributed by atoms with E-state index in [2.05, 4.69) is 0 Å². The Labute approximate surface area is 94.4 Å². The van der Waals surface area contributed by atoms with Crippen molar-refractivity contribution in [1.82, 2.24) is 0 Å². The summed E-state index contributed by atoms with van der Waals surface area (Å²) in [4.78, 5) is 11.9. The monoisotopic (exact) mass is 224 g/mol. The van der Waals surface area contributed by atoms with Gasteiger partial charge in [-0.3, -0.25) is 4.79 Å². The molecule has 0 atom stereocenters. The lowest BCUT2D eigenvalue weighted by Gasteiger charge is -2.19. The number of rotatable bonds is 3. The van der Waals surface area contributed by atoms with Gasteiger partial charge in [-0.1, -0.05) is 0 Å². The molecule has 1 aliphatic heterocycles. The highest BCUT2D eigenvalue weighted by Gasteiger charge is 2.20. The van der Waals surface area contributed by atoms with E-state index in [0.717, 1.165) is 5.56 Å². The van der Waals surface area contributed by atoms with Crippen LogP contribution in [0.4, 0.5) is 0 Å². The molecule has 15 heavy (non-hydrogen) atoms. The number of ketones is 1. The summed E-state index contributed by atoms with van der Waals surface area (Å²) in [5.41, 5.74) is 0.963. The fourth-order valence-electron chi connectivity index (χ4n) is 1.96. The Kier molecular flexibility index (Phi) is 3.52. The summed E-state index contributed by atoms with van der Waals surface area (Å²) in [7, 11) is 0. The van der Waals surface area contributed by atoms with E-state index in [1.807, 2.05) is 24.8 Å². The van der Waals surface area contributed by atoms with Gasteiger partial charge in [0.25, 0.3) is 0 Å². The van der Waals surface area contributed by atoms with Crippen molar-refractivity contribution < 1.29 is 9.21 Å². The van der Waals surface area contributed by atoms with Crippen LogP contribution < -0.4 is 0 Å². The molecule has 0 saturated carbocycles. The maximum atomic E-state index is 11.9. The largest absolute Gasteiger partial charge is 0.461 e. The maximum Gasteiger partial charge on any atom is 0.198 e. The molecule has 0 unspecified atom stereocenters. The molecule has 0 bridgehead atoms. The fourth-order valence-corrected chi connectivity index (χ4v) is 3.17. The molecule has 1 saturated heterocycles. The lowest BCUT2D eigenvalue weighted by molar-refractivity contribution is 0.0930. The second-order valence-electron chi connectivity index (χ2n) is 4.12. The molecule has 0 N–H and O–H groups in total. The molecule has 3 heteroatoms. The van der Waals surface area contributed by atoms with E-state index in [1.165, 1.54) is 24.3 Å². The third-order valence-electron chi connectivity index (χ3n) is 2.93. The number of furan rings is 1. The number of hydrogen-bond donors (Lipinski definition) is 0. The lowest BCUT2D eigenvalue weighted by atomic mass is 9.95. The van der Waals surface area contributed by atoms with Crippen LogP contribution in [0.25, 0.3) is 0 Å². The van der Waals surface area contributed by atoms with E-state index < -0.39 is 0 Å². The maximum absolute atomic E-state index is 11.9. The van der Waals surface area contributed by atoms with Crippen molar-refractivity contribution in [3.05, 3.63) is 23.7 Å². The van der Waals surface area contributed by atoms with Gasteiger partial charge in [0.2, 0.25) is 0 Å². The molecule has 1 aliphatic rings. The van der Waals surface area contributed by atoms with Crippen LogP contribution in [0.2, 0.25) is 0 Å². The second kappa shape index (κ2) is 4.88. The topological polar surface area (TPSA) is 30.2 Å². The van der Waals surface area contributed by atoms with Crippen LogP contribution in [-0.2, 0) is 0 Å². The first-order valence-electron chi connectivity index (χ1n) is 5.42. The minimum atomic E-state index is 0.175. The highest BCUT2D eigenvalue weighted by molar-refractivity contribution is 7.99. The average Bonchev–Trinajstić information content (AvgIpc) is 2.66. The first-order chi connectivity index (χ1) is 7.27. The number of hydrogen-bond acceptors (Lipinski definition) is 3. The fraction of sp³-hybridized carbons (Fsp3) is 0.583. The van der Waals surface area contributed by atoms with Crippen molar-refractivity contribution in [1.29, 1.82) is 0 Å². The number of carbonyl (C=O) groups is 1. The summed E-state index contributed by atoms with van der Waals surface area (Å²) in [6.07, 6.45) is 4.61. The summed E-state index contributed by atoms with van der Waals surface area (Å²) in [6, 6.07) is 1.85. The van der Waals surface area contributed by atoms with E-state index in [9.17, 15) is 4.79 Å². The zero-order valence-electron chi connectivity index (χ0n) is 8.99. The predicted molar refractivity (Wildman–Crippen MR) is 62.4 cm³/mol. The van der Waals surface area contributed by atoms with Crippen molar-refractivity contribution in [2.75, 3.05) is 11.5 Å². The SMILES string of the molecule is Cc1ccoc1C(=O)CC1CCSCC1. The molecule has 1 aromatic heterocycles. The van der Waals surface area contributed by atoms with Gasteiger partial charge in [0.15, 0.2) is 11.5 Å². The molecule has 0 spiro atoms. The van der Waals surface area contributed by atoms with Crippen molar-refractivity contribution >= 4 is 17.5 Å². The Morgan fingerprint density at radius 1 is 1.53 bits per heavy atom. The van der Waals surface area contributed by atoms with Crippen LogP contribution in [0.5, 0.6) is 0 Å². The van der Waals surface area contributed by atoms with Gasteiger partial charge in [-0.2, -0.15) is 11.8 Å². The van der Waals surface area contributed by atoms with E-state index >= 15 is 0 Å². The first kappa shape index (κ1) is 10.8. The Morgan fingerprint density at radius 2 is 2.27 bits per heavy atom. The molecule has 0 radical (unpaired) electrons. The Hall–Kier alpha value is -0.700. The number of thioether (sulfide) groups is 1. The van der Waals surface area contributed by atoms with Gasteiger partial charge < -0.3 is 4.42 Å². The molecule has 1 fully saturated rings. The third-order valence-corrected chi connectivity index (χ3v) is 3.98. The zero-order chi connectivity index (χ0) is 10.7. The molecule has 82 valence electrons. The Morgan fingerprint density at radius 3 is 2.87 bits per heavy atom. The van der Waals surface area contributed by atoms with Gasteiger partial charge >= 0.3 is 0 Å². The summed E-state index contributed by atoms with van der Waals surface area (Å²) in [5, 5.41) is 0. The lowest BCUT2D eigenvalue weighted by Crippen LogP contribution is -2.14. The molecule has 2 rings (SSSR count). The Balaban J connectivity index is 1.94. The van der Waals surface area contributed by atoms with Crippen LogP contribution in [0.15, 0.2) is 16.7 Å². The molecule has 0 amide bonds. The van der Waals surface area contributed by atoms with Gasteiger partial charge in [-0.15, -0.1) is 0 Å². The number of Topliss-reactive ketones (excluding diaryl/α,β-unsaturated/α-hetero) is 1. The summed E-state index contributed by atoms with van der Waals surface area (Å²) in [6.45, 7) is 1.92. The van der Waals surface area contributed by atoms with Gasteiger partial charge in [-0.05, 0) is 48.8 Å². The molecule has 0 aromatic carbocycles. The number of carbonyl (C=O) groups excluding carboxylic acids is 1. The van der Waals surface area contributed by atoms with Crippen LogP contribution >= 0.6 is 11.8 Å². The summed E-state index contributed by atoms with van der Waals surface area (Å²) in [5.74, 6) is 3.72.